The number of alkyl halides is 2. The molecule has 0 amide bonds. The summed E-state index contributed by atoms with van der Waals surface area (Å²) in [5, 5.41) is 17.1. The van der Waals surface area contributed by atoms with Gasteiger partial charge in [-0.15, -0.1) is 0 Å². The molecule has 1 N–H and O–H groups in total. The molecule has 1 rings (SSSR count). The normalized spacial score (nSPS) is 10.3. The van der Waals surface area contributed by atoms with Crippen LogP contribution in [0.3, 0.4) is 0 Å². The van der Waals surface area contributed by atoms with Gasteiger partial charge in [-0.05, 0) is 6.07 Å². The first-order chi connectivity index (χ1) is 6.60. The van der Waals surface area contributed by atoms with Gasteiger partial charge in [-0.3, -0.25) is 0 Å². The third kappa shape index (κ3) is 1.97. The van der Waals surface area contributed by atoms with E-state index >= 15 is 0 Å². The number of aliphatic hydroxyl groups is 1. The lowest BCUT2D eigenvalue weighted by Crippen LogP contribution is -1.99. The Morgan fingerprint density at radius 1 is 1.64 bits per heavy atom. The number of halogens is 3. The van der Waals surface area contributed by atoms with E-state index in [-0.39, 0.29) is 16.3 Å². The number of nitrogens with zero attached hydrogens (tertiary/aromatic N) is 2. The Morgan fingerprint density at radius 3 is 2.71 bits per heavy atom. The van der Waals surface area contributed by atoms with Gasteiger partial charge in [0.2, 0.25) is 0 Å². The summed E-state index contributed by atoms with van der Waals surface area (Å²) >= 11 is 5.48. The zero-order valence-electron chi connectivity index (χ0n) is 6.84. The minimum atomic E-state index is -2.77. The lowest BCUT2D eigenvalue weighted by molar-refractivity contribution is 0.145. The number of pyridine rings is 1. The van der Waals surface area contributed by atoms with Gasteiger partial charge in [-0.1, -0.05) is 11.6 Å². The van der Waals surface area contributed by atoms with Gasteiger partial charge >= 0.3 is 0 Å². The molecule has 0 unspecified atom stereocenters. The molecule has 0 spiro atoms. The van der Waals surface area contributed by atoms with Crippen LogP contribution in [0.1, 0.15) is 23.2 Å². The molecule has 0 radical (unpaired) electrons. The van der Waals surface area contributed by atoms with Crippen molar-refractivity contribution in [1.82, 2.24) is 4.98 Å². The lowest BCUT2D eigenvalue weighted by Gasteiger charge is -2.05. The molecular weight excluding hydrogens is 214 g/mol. The van der Waals surface area contributed by atoms with Gasteiger partial charge in [0.1, 0.15) is 16.9 Å². The van der Waals surface area contributed by atoms with Gasteiger partial charge in [-0.2, -0.15) is 5.26 Å². The Kier molecular flexibility index (Phi) is 3.33. The number of hydrogen-bond donors (Lipinski definition) is 1. The number of hydrogen-bond acceptors (Lipinski definition) is 3. The number of aliphatic hydroxyl groups excluding tert-OH is 1. The van der Waals surface area contributed by atoms with Crippen LogP contribution in [0.2, 0.25) is 5.15 Å². The van der Waals surface area contributed by atoms with E-state index in [1.165, 1.54) is 0 Å². The lowest BCUT2D eigenvalue weighted by atomic mass is 10.1. The van der Waals surface area contributed by atoms with Crippen LogP contribution in [-0.2, 0) is 6.61 Å². The smallest absolute Gasteiger partial charge is 0.280 e. The summed E-state index contributed by atoms with van der Waals surface area (Å²) in [5.41, 5.74) is -0.556. The molecule has 3 nitrogen and oxygen atoms in total. The van der Waals surface area contributed by atoms with E-state index in [1.807, 2.05) is 0 Å². The van der Waals surface area contributed by atoms with Gasteiger partial charge in [0.05, 0.1) is 12.2 Å². The standard InChI is InChI=1S/C8H5ClF2N2O/c9-7-5(2-12)4(3-14)1-6(13-7)8(10)11/h1,8,14H,3H2. The Balaban J connectivity index is 3.33. The predicted octanol–water partition coefficient (Wildman–Crippen LogP) is 2.04. The first-order valence-electron chi connectivity index (χ1n) is 3.58. The monoisotopic (exact) mass is 218 g/mol. The van der Waals surface area contributed by atoms with E-state index in [4.69, 9.17) is 22.0 Å². The molecule has 1 aromatic heterocycles. The molecular formula is C8H5ClF2N2O. The summed E-state index contributed by atoms with van der Waals surface area (Å²) < 4.78 is 24.4. The minimum absolute atomic E-state index is 0.0581. The first-order valence-corrected chi connectivity index (χ1v) is 3.96. The van der Waals surface area contributed by atoms with Crippen LogP contribution in [0.25, 0.3) is 0 Å². The Morgan fingerprint density at radius 2 is 2.29 bits per heavy atom. The van der Waals surface area contributed by atoms with E-state index < -0.39 is 18.7 Å². The topological polar surface area (TPSA) is 56.9 Å². The van der Waals surface area contributed by atoms with Gasteiger partial charge < -0.3 is 5.11 Å². The van der Waals surface area contributed by atoms with E-state index in [0.29, 0.717) is 0 Å². The second kappa shape index (κ2) is 4.31. The van der Waals surface area contributed by atoms with E-state index in [1.54, 1.807) is 6.07 Å². The molecule has 0 aliphatic carbocycles. The Hall–Kier alpha value is -1.25. The summed E-state index contributed by atoms with van der Waals surface area (Å²) in [4.78, 5) is 3.33. The molecule has 1 heterocycles. The van der Waals surface area contributed by atoms with Crippen LogP contribution in [0.15, 0.2) is 6.07 Å². The van der Waals surface area contributed by atoms with E-state index in [0.717, 1.165) is 6.07 Å². The number of aromatic nitrogens is 1. The fourth-order valence-electron chi connectivity index (χ4n) is 0.939. The highest BCUT2D eigenvalue weighted by Gasteiger charge is 2.15. The van der Waals surface area contributed by atoms with Crippen molar-refractivity contribution in [3.63, 3.8) is 0 Å². The molecule has 0 aliphatic heterocycles. The van der Waals surface area contributed by atoms with Crippen LogP contribution < -0.4 is 0 Å². The van der Waals surface area contributed by atoms with Crippen molar-refractivity contribution in [3.05, 3.63) is 28.0 Å². The molecule has 0 atom stereocenters. The van der Waals surface area contributed by atoms with Crippen molar-refractivity contribution < 1.29 is 13.9 Å². The van der Waals surface area contributed by atoms with E-state index in [2.05, 4.69) is 4.98 Å². The maximum atomic E-state index is 12.2. The summed E-state index contributed by atoms with van der Waals surface area (Å²) in [6, 6.07) is 2.65. The van der Waals surface area contributed by atoms with Crippen molar-refractivity contribution in [1.29, 1.82) is 5.26 Å². The maximum Gasteiger partial charge on any atom is 0.280 e. The average molecular weight is 219 g/mol. The summed E-state index contributed by atoms with van der Waals surface area (Å²) in [5.74, 6) is 0. The molecule has 1 aromatic rings. The molecule has 74 valence electrons. The van der Waals surface area contributed by atoms with Crippen LogP contribution in [0.4, 0.5) is 8.78 Å². The largest absolute Gasteiger partial charge is 0.392 e. The first kappa shape index (κ1) is 10.8. The van der Waals surface area contributed by atoms with Gasteiger partial charge in [0.25, 0.3) is 6.43 Å². The summed E-state index contributed by atoms with van der Waals surface area (Å²) in [6.45, 7) is -0.523. The quantitative estimate of drug-likeness (QED) is 0.773. The van der Waals surface area contributed by atoms with Crippen LogP contribution in [-0.4, -0.2) is 10.1 Å². The third-order valence-electron chi connectivity index (χ3n) is 1.58. The molecule has 0 fully saturated rings. The molecule has 0 saturated carbocycles. The highest BCUT2D eigenvalue weighted by Crippen LogP contribution is 2.24. The molecule has 14 heavy (non-hydrogen) atoms. The third-order valence-corrected chi connectivity index (χ3v) is 1.86. The van der Waals surface area contributed by atoms with Crippen molar-refractivity contribution in [3.8, 4) is 6.07 Å². The second-order valence-electron chi connectivity index (χ2n) is 2.44. The van der Waals surface area contributed by atoms with Crippen LogP contribution >= 0.6 is 11.6 Å². The van der Waals surface area contributed by atoms with Crippen molar-refractivity contribution in [2.24, 2.45) is 0 Å². The second-order valence-corrected chi connectivity index (χ2v) is 2.80. The van der Waals surface area contributed by atoms with Crippen molar-refractivity contribution in [2.75, 3.05) is 0 Å². The zero-order chi connectivity index (χ0) is 10.7. The summed E-state index contributed by atoms with van der Waals surface area (Å²) in [6.07, 6.45) is -2.77. The van der Waals surface area contributed by atoms with Gasteiger partial charge in [0, 0.05) is 5.56 Å². The maximum absolute atomic E-state index is 12.2. The minimum Gasteiger partial charge on any atom is -0.392 e. The molecule has 0 aromatic carbocycles. The van der Waals surface area contributed by atoms with Gasteiger partial charge in [0.15, 0.2) is 0 Å². The summed E-state index contributed by atoms with van der Waals surface area (Å²) in [7, 11) is 0. The average Bonchev–Trinajstić information content (AvgIpc) is 2.16. The predicted molar refractivity (Wildman–Crippen MR) is 44.8 cm³/mol. The number of rotatable bonds is 2. The molecule has 6 heteroatoms. The fourth-order valence-corrected chi connectivity index (χ4v) is 1.20. The highest BCUT2D eigenvalue weighted by atomic mass is 35.5. The fraction of sp³-hybridized carbons (Fsp3) is 0.250. The Labute approximate surface area is 83.6 Å². The van der Waals surface area contributed by atoms with E-state index in [9.17, 15) is 8.78 Å². The van der Waals surface area contributed by atoms with Gasteiger partial charge in [-0.25, -0.2) is 13.8 Å². The SMILES string of the molecule is N#Cc1c(CO)cc(C(F)F)nc1Cl. The molecule has 0 bridgehead atoms. The van der Waals surface area contributed by atoms with Crippen LogP contribution in [0, 0.1) is 11.3 Å². The Bertz CT molecular complexity index is 390. The zero-order valence-corrected chi connectivity index (χ0v) is 7.59. The molecule has 0 saturated heterocycles. The van der Waals surface area contributed by atoms with Crippen molar-refractivity contribution >= 4 is 11.6 Å². The molecule has 0 aliphatic rings. The number of nitriles is 1. The van der Waals surface area contributed by atoms with Crippen molar-refractivity contribution in [2.45, 2.75) is 13.0 Å². The van der Waals surface area contributed by atoms with Crippen LogP contribution in [0.5, 0.6) is 0 Å². The highest BCUT2D eigenvalue weighted by molar-refractivity contribution is 6.30.